The van der Waals surface area contributed by atoms with Crippen molar-refractivity contribution in [1.82, 2.24) is 24.6 Å². The fraction of sp³-hybridized carbons (Fsp3) is 0.824. The molecule has 7 heteroatoms. The number of nitrogens with zero attached hydrogens (tertiary/aromatic N) is 5. The Balaban J connectivity index is 1.64. The Labute approximate surface area is 144 Å². The Bertz CT molecular complexity index is 559. The highest BCUT2D eigenvalue weighted by molar-refractivity contribution is 5.76. The first-order valence-electron chi connectivity index (χ1n) is 8.95. The van der Waals surface area contributed by atoms with Crippen LogP contribution in [0.5, 0.6) is 0 Å². The second-order valence-corrected chi connectivity index (χ2v) is 7.21. The maximum atomic E-state index is 12.1. The lowest BCUT2D eigenvalue weighted by atomic mass is 9.95. The molecule has 0 radical (unpaired) electrons. The zero-order valence-electron chi connectivity index (χ0n) is 15.1. The number of hydrogen-bond acceptors (Lipinski definition) is 5. The fourth-order valence-corrected chi connectivity index (χ4v) is 3.47. The lowest BCUT2D eigenvalue weighted by molar-refractivity contribution is -0.133. The first-order chi connectivity index (χ1) is 11.6. The summed E-state index contributed by atoms with van der Waals surface area (Å²) in [6, 6.07) is 0.589. The summed E-state index contributed by atoms with van der Waals surface area (Å²) in [4.78, 5) is 16.2. The third kappa shape index (κ3) is 3.95. The van der Waals surface area contributed by atoms with Crippen LogP contribution in [0.1, 0.15) is 55.7 Å². The monoisotopic (exact) mass is 335 g/mol. The number of ether oxygens (including phenoxy) is 1. The summed E-state index contributed by atoms with van der Waals surface area (Å²) in [6.07, 6.45) is 4.91. The van der Waals surface area contributed by atoms with E-state index in [-0.39, 0.29) is 5.91 Å². The van der Waals surface area contributed by atoms with Gasteiger partial charge in [0.15, 0.2) is 0 Å². The number of hydrogen-bond donors (Lipinski definition) is 0. The molecule has 1 amide bonds. The van der Waals surface area contributed by atoms with E-state index in [1.165, 1.54) is 12.8 Å². The lowest BCUT2D eigenvalue weighted by Crippen LogP contribution is -2.38. The van der Waals surface area contributed by atoms with Crippen molar-refractivity contribution in [3.63, 3.8) is 0 Å². The number of rotatable bonds is 7. The van der Waals surface area contributed by atoms with Gasteiger partial charge in [0.05, 0.1) is 19.6 Å². The summed E-state index contributed by atoms with van der Waals surface area (Å²) in [5.74, 6) is 2.84. The topological polar surface area (TPSA) is 63.5 Å². The zero-order chi connectivity index (χ0) is 17.1. The van der Waals surface area contributed by atoms with Gasteiger partial charge in [-0.15, -0.1) is 10.2 Å². The number of aromatic nitrogens is 3. The van der Waals surface area contributed by atoms with Gasteiger partial charge in [-0.3, -0.25) is 4.79 Å². The molecule has 0 bridgehead atoms. The molecule has 134 valence electrons. The molecule has 2 aliphatic rings. The van der Waals surface area contributed by atoms with E-state index in [1.54, 1.807) is 7.11 Å². The Morgan fingerprint density at radius 1 is 1.21 bits per heavy atom. The number of methoxy groups -OCH3 is 1. The molecule has 1 saturated carbocycles. The van der Waals surface area contributed by atoms with Crippen molar-refractivity contribution in [2.24, 2.45) is 0 Å². The van der Waals surface area contributed by atoms with Gasteiger partial charge in [-0.2, -0.15) is 0 Å². The molecule has 2 fully saturated rings. The van der Waals surface area contributed by atoms with Crippen molar-refractivity contribution in [2.45, 2.75) is 50.6 Å². The van der Waals surface area contributed by atoms with Gasteiger partial charge in [-0.25, -0.2) is 0 Å². The van der Waals surface area contributed by atoms with Gasteiger partial charge in [-0.05, 0) is 39.8 Å². The van der Waals surface area contributed by atoms with E-state index in [0.29, 0.717) is 25.0 Å². The van der Waals surface area contributed by atoms with Crippen molar-refractivity contribution in [3.8, 4) is 0 Å². The van der Waals surface area contributed by atoms with Crippen molar-refractivity contribution in [3.05, 3.63) is 11.6 Å². The third-order valence-electron chi connectivity index (χ3n) is 4.90. The SMILES string of the molecule is COCCC(=O)N1CCC(c2nnc(CN(C)C)n2C2CC2)CC1. The number of likely N-dealkylation sites (tertiary alicyclic amines) is 1. The van der Waals surface area contributed by atoms with Crippen LogP contribution in [-0.2, 0) is 16.1 Å². The van der Waals surface area contributed by atoms with E-state index < -0.39 is 0 Å². The molecule has 24 heavy (non-hydrogen) atoms. The summed E-state index contributed by atoms with van der Waals surface area (Å²) in [5, 5.41) is 9.00. The molecule has 0 N–H and O–H groups in total. The zero-order valence-corrected chi connectivity index (χ0v) is 15.1. The lowest BCUT2D eigenvalue weighted by Gasteiger charge is -2.32. The molecule has 0 spiro atoms. The van der Waals surface area contributed by atoms with Crippen molar-refractivity contribution >= 4 is 5.91 Å². The van der Waals surface area contributed by atoms with Gasteiger partial charge in [-0.1, -0.05) is 0 Å². The molecule has 1 saturated heterocycles. The molecular weight excluding hydrogens is 306 g/mol. The summed E-state index contributed by atoms with van der Waals surface area (Å²) in [7, 11) is 5.76. The Hall–Kier alpha value is -1.47. The second kappa shape index (κ2) is 7.61. The van der Waals surface area contributed by atoms with Crippen LogP contribution in [0, 0.1) is 0 Å². The quantitative estimate of drug-likeness (QED) is 0.754. The number of carbonyl (C=O) groups is 1. The maximum Gasteiger partial charge on any atom is 0.224 e. The highest BCUT2D eigenvalue weighted by atomic mass is 16.5. The summed E-state index contributed by atoms with van der Waals surface area (Å²) in [5.41, 5.74) is 0. The number of carbonyl (C=O) groups excluding carboxylic acids is 1. The minimum Gasteiger partial charge on any atom is -0.384 e. The third-order valence-corrected chi connectivity index (χ3v) is 4.90. The summed E-state index contributed by atoms with van der Waals surface area (Å²) < 4.78 is 7.39. The first-order valence-corrected chi connectivity index (χ1v) is 8.95. The van der Waals surface area contributed by atoms with Crippen LogP contribution in [0.3, 0.4) is 0 Å². The Morgan fingerprint density at radius 2 is 1.92 bits per heavy atom. The van der Waals surface area contributed by atoms with E-state index in [2.05, 4.69) is 33.8 Å². The number of piperidine rings is 1. The van der Waals surface area contributed by atoms with E-state index in [0.717, 1.165) is 44.1 Å². The molecule has 1 aromatic heterocycles. The van der Waals surface area contributed by atoms with E-state index >= 15 is 0 Å². The normalized spacial score (nSPS) is 19.2. The van der Waals surface area contributed by atoms with Crippen LogP contribution in [-0.4, -0.2) is 71.4 Å². The van der Waals surface area contributed by atoms with Crippen LogP contribution in [0.25, 0.3) is 0 Å². The molecule has 0 atom stereocenters. The Morgan fingerprint density at radius 3 is 2.50 bits per heavy atom. The highest BCUT2D eigenvalue weighted by Crippen LogP contribution is 2.40. The molecule has 0 aromatic carbocycles. The van der Waals surface area contributed by atoms with Gasteiger partial charge in [0.25, 0.3) is 0 Å². The first kappa shape index (κ1) is 17.4. The molecule has 2 heterocycles. The molecule has 0 unspecified atom stereocenters. The van der Waals surface area contributed by atoms with Crippen LogP contribution in [0.2, 0.25) is 0 Å². The molecule has 1 aliphatic carbocycles. The van der Waals surface area contributed by atoms with Gasteiger partial charge in [0, 0.05) is 32.2 Å². The predicted molar refractivity (Wildman–Crippen MR) is 90.7 cm³/mol. The largest absolute Gasteiger partial charge is 0.384 e. The summed E-state index contributed by atoms with van der Waals surface area (Å²) >= 11 is 0. The van der Waals surface area contributed by atoms with E-state index in [1.807, 2.05) is 4.90 Å². The molecule has 1 aliphatic heterocycles. The fourth-order valence-electron chi connectivity index (χ4n) is 3.47. The van der Waals surface area contributed by atoms with Crippen LogP contribution >= 0.6 is 0 Å². The van der Waals surface area contributed by atoms with Crippen LogP contribution in [0.4, 0.5) is 0 Å². The predicted octanol–water partition coefficient (Wildman–Crippen LogP) is 1.42. The Kier molecular flexibility index (Phi) is 5.50. The number of amides is 1. The minimum atomic E-state index is 0.201. The van der Waals surface area contributed by atoms with Crippen LogP contribution in [0.15, 0.2) is 0 Å². The second-order valence-electron chi connectivity index (χ2n) is 7.21. The summed E-state index contributed by atoms with van der Waals surface area (Å²) in [6.45, 7) is 2.96. The molecule has 1 aromatic rings. The molecular formula is C17H29N5O2. The maximum absolute atomic E-state index is 12.1. The van der Waals surface area contributed by atoms with Crippen molar-refractivity contribution in [1.29, 1.82) is 0 Å². The van der Waals surface area contributed by atoms with E-state index in [9.17, 15) is 4.79 Å². The highest BCUT2D eigenvalue weighted by Gasteiger charge is 2.34. The van der Waals surface area contributed by atoms with Crippen molar-refractivity contribution in [2.75, 3.05) is 40.9 Å². The minimum absolute atomic E-state index is 0.201. The van der Waals surface area contributed by atoms with E-state index in [4.69, 9.17) is 4.74 Å². The smallest absolute Gasteiger partial charge is 0.224 e. The van der Waals surface area contributed by atoms with Crippen LogP contribution < -0.4 is 0 Å². The average molecular weight is 335 g/mol. The van der Waals surface area contributed by atoms with Gasteiger partial charge in [0.1, 0.15) is 11.6 Å². The average Bonchev–Trinajstić information content (AvgIpc) is 3.33. The van der Waals surface area contributed by atoms with Gasteiger partial charge in [0.2, 0.25) is 5.91 Å². The van der Waals surface area contributed by atoms with Gasteiger partial charge < -0.3 is 19.1 Å². The molecule has 7 nitrogen and oxygen atoms in total. The van der Waals surface area contributed by atoms with Gasteiger partial charge >= 0.3 is 0 Å². The van der Waals surface area contributed by atoms with Crippen molar-refractivity contribution < 1.29 is 9.53 Å². The molecule has 3 rings (SSSR count). The standard InChI is InChI=1S/C17H29N5O2/c1-20(2)12-15-18-19-17(22(15)14-4-5-14)13-6-9-21(10-7-13)16(23)8-11-24-3/h13-14H,4-12H2,1-3H3.